The van der Waals surface area contributed by atoms with E-state index in [1.165, 1.54) is 33.3 Å². The predicted molar refractivity (Wildman–Crippen MR) is 168 cm³/mol. The van der Waals surface area contributed by atoms with E-state index in [9.17, 15) is 14.4 Å². The van der Waals surface area contributed by atoms with Crippen LogP contribution in [0.3, 0.4) is 0 Å². The van der Waals surface area contributed by atoms with Gasteiger partial charge in [0.25, 0.3) is 0 Å². The fraction of sp³-hybridized carbons (Fsp3) is 0.343. The number of carboxylic acid groups (broad SMARTS) is 3. The molecule has 1 fully saturated rings. The Morgan fingerprint density at radius 2 is 1.23 bits per heavy atom. The molecule has 1 heterocycles. The van der Waals surface area contributed by atoms with Crippen molar-refractivity contribution in [1.82, 2.24) is 9.88 Å². The molecule has 9 nitrogen and oxygen atoms in total. The zero-order valence-electron chi connectivity index (χ0n) is 25.3. The molecule has 3 aromatic carbocycles. The highest BCUT2D eigenvalue weighted by atomic mass is 16.4. The highest BCUT2D eigenvalue weighted by Gasteiger charge is 2.48. The van der Waals surface area contributed by atoms with Gasteiger partial charge in [-0.2, -0.15) is 0 Å². The van der Waals surface area contributed by atoms with Crippen molar-refractivity contribution < 1.29 is 34.8 Å². The van der Waals surface area contributed by atoms with E-state index in [1.54, 1.807) is 0 Å². The number of benzene rings is 3. The number of hydrogen-bond acceptors (Lipinski definition) is 5. The summed E-state index contributed by atoms with van der Waals surface area (Å²) >= 11 is 0. The van der Waals surface area contributed by atoms with Crippen molar-refractivity contribution in [3.63, 3.8) is 0 Å². The van der Waals surface area contributed by atoms with Crippen LogP contribution in [0.2, 0.25) is 0 Å². The van der Waals surface area contributed by atoms with Gasteiger partial charge in [0.05, 0.1) is 12.8 Å². The third kappa shape index (κ3) is 6.39. The Bertz CT molecular complexity index is 1590. The summed E-state index contributed by atoms with van der Waals surface area (Å²) in [4.78, 5) is 36.8. The number of hydrogen-bond donors (Lipinski definition) is 5. The first-order valence-electron chi connectivity index (χ1n) is 14.6. The average Bonchev–Trinajstić information content (AvgIpc) is 3.34. The molecule has 9 heteroatoms. The van der Waals surface area contributed by atoms with Crippen molar-refractivity contribution in [2.75, 3.05) is 14.1 Å². The monoisotopic (exact) mass is 600 g/mol. The number of nitrogens with one attached hydrogen (secondary N) is 1. The summed E-state index contributed by atoms with van der Waals surface area (Å²) in [5.74, 6) is -5.02. The average molecular weight is 601 g/mol. The quantitative estimate of drug-likeness (QED) is 0.168. The van der Waals surface area contributed by atoms with E-state index >= 15 is 0 Å². The first-order valence-corrected chi connectivity index (χ1v) is 14.6. The number of carbonyl (C=O) groups is 3. The van der Waals surface area contributed by atoms with Gasteiger partial charge in [-0.15, -0.1) is 0 Å². The van der Waals surface area contributed by atoms with Gasteiger partial charge in [0.15, 0.2) is 5.60 Å². The van der Waals surface area contributed by atoms with Crippen LogP contribution in [-0.4, -0.2) is 67.9 Å². The van der Waals surface area contributed by atoms with Gasteiger partial charge >= 0.3 is 17.9 Å². The number of nitrogens with zero attached hydrogens (tertiary/aromatic N) is 1. The SMILES string of the molecule is Cc1c(C2(c3ccccc3)CCC(c3ccccc3)(N(C)C)CC2)[nH]c2ccccc12.O=C(O)CC(O)(CC(=O)O)C(=O)O. The van der Waals surface area contributed by atoms with Crippen LogP contribution in [0, 0.1) is 6.92 Å². The number of aromatic nitrogens is 1. The second kappa shape index (κ2) is 13.0. The molecule has 232 valence electrons. The molecule has 0 unspecified atom stereocenters. The second-order valence-corrected chi connectivity index (χ2v) is 11.9. The maximum atomic E-state index is 10.3. The third-order valence-electron chi connectivity index (χ3n) is 9.15. The van der Waals surface area contributed by atoms with E-state index in [2.05, 4.69) is 116 Å². The normalized spacial score (nSPS) is 20.1. The van der Waals surface area contributed by atoms with Crippen molar-refractivity contribution in [2.24, 2.45) is 0 Å². The molecule has 0 aliphatic heterocycles. The zero-order valence-corrected chi connectivity index (χ0v) is 25.3. The van der Waals surface area contributed by atoms with Gasteiger partial charge in [0, 0.05) is 27.6 Å². The molecule has 1 aliphatic rings. The zero-order chi connectivity index (χ0) is 32.1. The maximum absolute atomic E-state index is 10.3. The number of aryl methyl sites for hydroxylation is 1. The Hall–Kier alpha value is -4.47. The van der Waals surface area contributed by atoms with Gasteiger partial charge < -0.3 is 25.4 Å². The predicted octanol–water partition coefficient (Wildman–Crippen LogP) is 5.55. The first kappa shape index (κ1) is 32.4. The van der Waals surface area contributed by atoms with E-state index < -0.39 is 36.4 Å². The van der Waals surface area contributed by atoms with Gasteiger partial charge in [-0.3, -0.25) is 14.5 Å². The van der Waals surface area contributed by atoms with Crippen molar-refractivity contribution in [1.29, 1.82) is 0 Å². The highest BCUT2D eigenvalue weighted by Crippen LogP contribution is 2.53. The summed E-state index contributed by atoms with van der Waals surface area (Å²) in [6.45, 7) is 2.30. The van der Waals surface area contributed by atoms with Crippen LogP contribution >= 0.6 is 0 Å². The molecule has 0 saturated heterocycles. The minimum atomic E-state index is -2.74. The van der Waals surface area contributed by atoms with Crippen LogP contribution in [-0.2, 0) is 25.3 Å². The van der Waals surface area contributed by atoms with Crippen LogP contribution in [0.5, 0.6) is 0 Å². The molecule has 44 heavy (non-hydrogen) atoms. The van der Waals surface area contributed by atoms with Crippen LogP contribution < -0.4 is 0 Å². The lowest BCUT2D eigenvalue weighted by Crippen LogP contribution is -2.48. The molecule has 0 atom stereocenters. The van der Waals surface area contributed by atoms with E-state index in [0.717, 1.165) is 25.7 Å². The number of aliphatic carboxylic acids is 3. The summed E-state index contributed by atoms with van der Waals surface area (Å²) < 4.78 is 0. The van der Waals surface area contributed by atoms with Crippen molar-refractivity contribution in [3.8, 4) is 0 Å². The number of carboxylic acids is 3. The van der Waals surface area contributed by atoms with Gasteiger partial charge in [-0.1, -0.05) is 78.9 Å². The minimum absolute atomic E-state index is 0.0126. The number of aliphatic hydroxyl groups is 1. The smallest absolute Gasteiger partial charge is 0.336 e. The molecule has 5 rings (SSSR count). The maximum Gasteiger partial charge on any atom is 0.336 e. The van der Waals surface area contributed by atoms with Crippen molar-refractivity contribution in [3.05, 3.63) is 107 Å². The Kier molecular flexibility index (Phi) is 9.61. The first-order chi connectivity index (χ1) is 20.8. The molecule has 0 amide bonds. The third-order valence-corrected chi connectivity index (χ3v) is 9.15. The summed E-state index contributed by atoms with van der Waals surface area (Å²) in [7, 11) is 4.49. The van der Waals surface area contributed by atoms with Crippen LogP contribution in [0.4, 0.5) is 0 Å². The molecule has 1 aromatic heterocycles. The van der Waals surface area contributed by atoms with E-state index in [-0.39, 0.29) is 11.0 Å². The molecule has 0 radical (unpaired) electrons. The molecule has 4 aromatic rings. The van der Waals surface area contributed by atoms with Crippen LogP contribution in [0.1, 0.15) is 60.9 Å². The van der Waals surface area contributed by atoms with Crippen molar-refractivity contribution >= 4 is 28.8 Å². The van der Waals surface area contributed by atoms with Gasteiger partial charge in [0.1, 0.15) is 0 Å². The minimum Gasteiger partial charge on any atom is -0.481 e. The fourth-order valence-electron chi connectivity index (χ4n) is 6.75. The molecule has 5 N–H and O–H groups in total. The molecular formula is C35H40N2O7. The topological polar surface area (TPSA) is 151 Å². The second-order valence-electron chi connectivity index (χ2n) is 11.9. The van der Waals surface area contributed by atoms with E-state index in [4.69, 9.17) is 20.4 Å². The van der Waals surface area contributed by atoms with Gasteiger partial charge in [-0.25, -0.2) is 4.79 Å². The molecule has 0 spiro atoms. The number of aromatic amines is 1. The molecule has 1 aliphatic carbocycles. The van der Waals surface area contributed by atoms with Crippen molar-refractivity contribution in [2.45, 2.75) is 62.0 Å². The summed E-state index contributed by atoms with van der Waals surface area (Å²) in [6, 6.07) is 31.0. The van der Waals surface area contributed by atoms with Gasteiger partial charge in [0.2, 0.25) is 0 Å². The fourth-order valence-corrected chi connectivity index (χ4v) is 6.75. The Morgan fingerprint density at radius 3 is 1.68 bits per heavy atom. The number of rotatable bonds is 9. The highest BCUT2D eigenvalue weighted by molar-refractivity contribution is 5.88. The Labute approximate surface area is 256 Å². The largest absolute Gasteiger partial charge is 0.481 e. The summed E-state index contributed by atoms with van der Waals surface area (Å²) in [6.07, 6.45) is 2.22. The standard InChI is InChI=1S/C29H32N2.C6H8O7/c1-22-25-16-10-11-17-26(25)30-27(22)28(23-12-6-4-7-13-23)18-20-29(21-19-28,31(2)3)24-14-8-5-9-15-24;7-3(8)1-6(13,5(11)12)2-4(9)10/h4-17,30H,18-21H2,1-3H3;13H,1-2H2,(H,7,8)(H,9,10)(H,11,12). The van der Waals surface area contributed by atoms with Crippen LogP contribution in [0.25, 0.3) is 10.9 Å². The number of para-hydroxylation sites is 1. The number of H-pyrrole nitrogens is 1. The summed E-state index contributed by atoms with van der Waals surface area (Å²) in [5.41, 5.74) is 4.28. The lowest BCUT2D eigenvalue weighted by molar-refractivity contribution is -0.170. The Balaban J connectivity index is 0.000000289. The Morgan fingerprint density at radius 1 is 0.750 bits per heavy atom. The molecule has 1 saturated carbocycles. The lowest BCUT2D eigenvalue weighted by atomic mass is 9.60. The van der Waals surface area contributed by atoms with Gasteiger partial charge in [-0.05, 0) is 69.5 Å². The van der Waals surface area contributed by atoms with Crippen LogP contribution in [0.15, 0.2) is 84.9 Å². The van der Waals surface area contributed by atoms with E-state index in [0.29, 0.717) is 0 Å². The molecule has 0 bridgehead atoms. The van der Waals surface area contributed by atoms with E-state index in [1.807, 2.05) is 0 Å². The molecular weight excluding hydrogens is 560 g/mol. The summed E-state index contributed by atoms with van der Waals surface area (Å²) in [5, 5.41) is 35.2. The lowest BCUT2D eigenvalue weighted by Gasteiger charge is -2.50. The number of fused-ring (bicyclic) bond motifs is 1.